The molecule has 100 valence electrons. The molecular weight excluding hydrogens is 216 g/mol. The number of carbonyl (C=O) groups is 1. The maximum absolute atomic E-state index is 11.1. The van der Waals surface area contributed by atoms with Crippen LogP contribution in [0.4, 0.5) is 0 Å². The molecule has 0 aromatic carbocycles. The van der Waals surface area contributed by atoms with E-state index >= 15 is 0 Å². The van der Waals surface area contributed by atoms with Crippen LogP contribution in [0, 0.1) is 0 Å². The van der Waals surface area contributed by atoms with Crippen LogP contribution in [0.1, 0.15) is 39.0 Å². The van der Waals surface area contributed by atoms with E-state index in [2.05, 4.69) is 16.7 Å². The van der Waals surface area contributed by atoms with Gasteiger partial charge in [0.15, 0.2) is 0 Å². The van der Waals surface area contributed by atoms with Crippen LogP contribution in [0.3, 0.4) is 0 Å². The van der Waals surface area contributed by atoms with Crippen molar-refractivity contribution in [2.24, 2.45) is 0 Å². The first-order chi connectivity index (χ1) is 8.00. The molecule has 1 N–H and O–H groups in total. The average molecular weight is 242 g/mol. The largest absolute Gasteiger partial charge is 0.481 e. The van der Waals surface area contributed by atoms with Gasteiger partial charge in [0.05, 0.1) is 6.42 Å². The Kier molecular flexibility index (Phi) is 5.40. The van der Waals surface area contributed by atoms with Crippen molar-refractivity contribution in [2.45, 2.75) is 44.6 Å². The van der Waals surface area contributed by atoms with Crippen molar-refractivity contribution in [1.29, 1.82) is 0 Å². The summed E-state index contributed by atoms with van der Waals surface area (Å²) < 4.78 is 0. The summed E-state index contributed by atoms with van der Waals surface area (Å²) in [5.41, 5.74) is -0.145. The van der Waals surface area contributed by atoms with E-state index in [1.54, 1.807) is 0 Å². The van der Waals surface area contributed by atoms with Crippen LogP contribution in [0.2, 0.25) is 0 Å². The topological polar surface area (TPSA) is 43.8 Å². The lowest BCUT2D eigenvalue weighted by atomic mass is 9.86. The fourth-order valence-electron chi connectivity index (χ4n) is 2.84. The Labute approximate surface area is 105 Å². The van der Waals surface area contributed by atoms with Gasteiger partial charge >= 0.3 is 5.97 Å². The molecule has 0 aromatic rings. The highest BCUT2D eigenvalue weighted by Crippen LogP contribution is 2.30. The van der Waals surface area contributed by atoms with Crippen LogP contribution >= 0.6 is 0 Å². The highest BCUT2D eigenvalue weighted by atomic mass is 16.4. The van der Waals surface area contributed by atoms with Crippen LogP contribution in [0.5, 0.6) is 0 Å². The maximum atomic E-state index is 11.1. The maximum Gasteiger partial charge on any atom is 0.305 e. The van der Waals surface area contributed by atoms with E-state index in [0.29, 0.717) is 0 Å². The molecule has 1 rings (SSSR count). The third kappa shape index (κ3) is 3.96. The van der Waals surface area contributed by atoms with Crippen molar-refractivity contribution in [2.75, 3.05) is 33.7 Å². The molecule has 1 unspecified atom stereocenters. The fraction of sp³-hybridized carbons (Fsp3) is 0.923. The molecule has 0 aromatic heterocycles. The second-order valence-corrected chi connectivity index (χ2v) is 5.38. The van der Waals surface area contributed by atoms with Gasteiger partial charge in [-0.15, -0.1) is 0 Å². The Hall–Kier alpha value is -0.610. The van der Waals surface area contributed by atoms with Crippen molar-refractivity contribution in [3.63, 3.8) is 0 Å². The summed E-state index contributed by atoms with van der Waals surface area (Å²) in [6.45, 7) is 5.47. The van der Waals surface area contributed by atoms with E-state index in [4.69, 9.17) is 5.11 Å². The predicted molar refractivity (Wildman–Crippen MR) is 69.3 cm³/mol. The molecule has 0 aliphatic carbocycles. The summed E-state index contributed by atoms with van der Waals surface area (Å²) in [6.07, 6.45) is 4.50. The molecular formula is C13H26N2O2. The number of carboxylic acids is 1. The van der Waals surface area contributed by atoms with Gasteiger partial charge in [0, 0.05) is 5.54 Å². The van der Waals surface area contributed by atoms with Gasteiger partial charge < -0.3 is 14.9 Å². The van der Waals surface area contributed by atoms with Crippen LogP contribution in [-0.4, -0.2) is 60.1 Å². The van der Waals surface area contributed by atoms with Gasteiger partial charge in [-0.05, 0) is 59.4 Å². The van der Waals surface area contributed by atoms with E-state index in [1.165, 1.54) is 6.42 Å². The van der Waals surface area contributed by atoms with Crippen molar-refractivity contribution < 1.29 is 9.90 Å². The van der Waals surface area contributed by atoms with Gasteiger partial charge in [0.2, 0.25) is 0 Å². The second kappa shape index (κ2) is 6.36. The number of nitrogens with zero attached hydrogens (tertiary/aromatic N) is 2. The van der Waals surface area contributed by atoms with E-state index in [1.807, 2.05) is 14.1 Å². The lowest BCUT2D eigenvalue weighted by Gasteiger charge is -2.38. The minimum atomic E-state index is -0.678. The zero-order chi connectivity index (χ0) is 12.9. The molecule has 0 saturated carbocycles. The molecule has 0 amide bonds. The quantitative estimate of drug-likeness (QED) is 0.796. The number of carboxylic acid groups (broad SMARTS) is 1. The molecule has 4 heteroatoms. The van der Waals surface area contributed by atoms with Crippen molar-refractivity contribution in [3.05, 3.63) is 0 Å². The van der Waals surface area contributed by atoms with Crippen LogP contribution in [-0.2, 0) is 4.79 Å². The summed E-state index contributed by atoms with van der Waals surface area (Å²) in [6, 6.07) is 0. The smallest absolute Gasteiger partial charge is 0.305 e. The van der Waals surface area contributed by atoms with Crippen LogP contribution < -0.4 is 0 Å². The number of hydrogen-bond donors (Lipinski definition) is 1. The molecule has 1 saturated heterocycles. The fourth-order valence-corrected chi connectivity index (χ4v) is 2.84. The Bertz CT molecular complexity index is 256. The zero-order valence-electron chi connectivity index (χ0n) is 11.4. The van der Waals surface area contributed by atoms with E-state index < -0.39 is 5.97 Å². The third-order valence-electron chi connectivity index (χ3n) is 3.98. The summed E-state index contributed by atoms with van der Waals surface area (Å²) >= 11 is 0. The van der Waals surface area contributed by atoms with Crippen LogP contribution in [0.25, 0.3) is 0 Å². The lowest BCUT2D eigenvalue weighted by Crippen LogP contribution is -2.46. The molecule has 1 aliphatic rings. The van der Waals surface area contributed by atoms with Gasteiger partial charge in [-0.2, -0.15) is 0 Å². The predicted octanol–water partition coefficient (Wildman–Crippen LogP) is 1.66. The van der Waals surface area contributed by atoms with E-state index in [0.717, 1.165) is 38.9 Å². The Morgan fingerprint density at radius 3 is 2.59 bits per heavy atom. The number of rotatable bonds is 5. The summed E-state index contributed by atoms with van der Waals surface area (Å²) in [7, 11) is 4.02. The summed E-state index contributed by atoms with van der Waals surface area (Å²) in [5.74, 6) is -0.678. The van der Waals surface area contributed by atoms with Gasteiger partial charge in [-0.1, -0.05) is 6.92 Å². The normalized spacial score (nSPS) is 27.1. The molecule has 1 fully saturated rings. The average Bonchev–Trinajstić information content (AvgIpc) is 2.42. The molecule has 4 nitrogen and oxygen atoms in total. The first kappa shape index (κ1) is 14.5. The standard InChI is InChI=1S/C13H26N2O2/c1-4-8-15-9-5-6-13(7-10-15,14(2)3)11-12(16)17/h4-11H2,1-3H3,(H,16,17). The van der Waals surface area contributed by atoms with Crippen LogP contribution in [0.15, 0.2) is 0 Å². The van der Waals surface area contributed by atoms with Gasteiger partial charge in [0.25, 0.3) is 0 Å². The van der Waals surface area contributed by atoms with E-state index in [-0.39, 0.29) is 12.0 Å². The Balaban J connectivity index is 2.68. The highest BCUT2D eigenvalue weighted by molar-refractivity contribution is 5.68. The number of likely N-dealkylation sites (tertiary alicyclic amines) is 1. The SMILES string of the molecule is CCCN1CCCC(CC(=O)O)(N(C)C)CC1. The highest BCUT2D eigenvalue weighted by Gasteiger charge is 2.36. The molecule has 0 spiro atoms. The molecule has 17 heavy (non-hydrogen) atoms. The second-order valence-electron chi connectivity index (χ2n) is 5.38. The summed E-state index contributed by atoms with van der Waals surface area (Å²) in [4.78, 5) is 15.6. The molecule has 1 aliphatic heterocycles. The van der Waals surface area contributed by atoms with Crippen molar-refractivity contribution >= 4 is 5.97 Å². The Morgan fingerprint density at radius 2 is 2.06 bits per heavy atom. The van der Waals surface area contributed by atoms with Gasteiger partial charge in [-0.3, -0.25) is 4.79 Å². The minimum Gasteiger partial charge on any atom is -0.481 e. The molecule has 1 atom stereocenters. The first-order valence-electron chi connectivity index (χ1n) is 6.62. The lowest BCUT2D eigenvalue weighted by molar-refractivity contribution is -0.140. The van der Waals surface area contributed by atoms with Crippen molar-refractivity contribution in [3.8, 4) is 0 Å². The first-order valence-corrected chi connectivity index (χ1v) is 6.62. The van der Waals surface area contributed by atoms with Gasteiger partial charge in [-0.25, -0.2) is 0 Å². The van der Waals surface area contributed by atoms with Gasteiger partial charge in [0.1, 0.15) is 0 Å². The molecule has 0 radical (unpaired) electrons. The monoisotopic (exact) mass is 242 g/mol. The van der Waals surface area contributed by atoms with E-state index in [9.17, 15) is 4.79 Å². The molecule has 0 bridgehead atoms. The third-order valence-corrected chi connectivity index (χ3v) is 3.98. The minimum absolute atomic E-state index is 0.145. The van der Waals surface area contributed by atoms with Crippen molar-refractivity contribution in [1.82, 2.24) is 9.80 Å². The molecule has 1 heterocycles. The number of hydrogen-bond acceptors (Lipinski definition) is 3. The zero-order valence-corrected chi connectivity index (χ0v) is 11.4. The number of aliphatic carboxylic acids is 1. The summed E-state index contributed by atoms with van der Waals surface area (Å²) in [5, 5.41) is 9.10. The Morgan fingerprint density at radius 1 is 1.35 bits per heavy atom.